The van der Waals surface area contributed by atoms with Crippen LogP contribution in [0.1, 0.15) is 49.8 Å². The lowest BCUT2D eigenvalue weighted by atomic mass is 9.77. The van der Waals surface area contributed by atoms with Crippen molar-refractivity contribution in [1.29, 1.82) is 0 Å². The van der Waals surface area contributed by atoms with E-state index in [0.29, 0.717) is 6.04 Å². The molecule has 1 aromatic rings. The minimum Gasteiger partial charge on any atom is -0.306 e. The molecule has 3 rings (SSSR count). The predicted octanol–water partition coefficient (Wildman–Crippen LogP) is 3.66. The summed E-state index contributed by atoms with van der Waals surface area (Å²) < 4.78 is 0. The fourth-order valence-corrected chi connectivity index (χ4v) is 3.53. The number of fused-ring (bicyclic) bond motifs is 1. The van der Waals surface area contributed by atoms with Gasteiger partial charge in [-0.25, -0.2) is 0 Å². The molecule has 1 heteroatoms. The molecule has 0 radical (unpaired) electrons. The first-order valence-corrected chi connectivity index (χ1v) is 6.66. The summed E-state index contributed by atoms with van der Waals surface area (Å²) in [6, 6.07) is 9.57. The molecule has 0 saturated heterocycles. The molecule has 1 fully saturated rings. The van der Waals surface area contributed by atoms with E-state index >= 15 is 0 Å². The molecule has 86 valence electrons. The highest BCUT2D eigenvalue weighted by molar-refractivity contribution is 5.34. The Hall–Kier alpha value is -0.820. The molecule has 0 bridgehead atoms. The summed E-state index contributed by atoms with van der Waals surface area (Å²) in [4.78, 5) is 0. The summed E-state index contributed by atoms with van der Waals surface area (Å²) in [5, 5.41) is 3.71. The highest BCUT2D eigenvalue weighted by Gasteiger charge is 2.31. The second-order valence-electron chi connectivity index (χ2n) is 5.59. The summed E-state index contributed by atoms with van der Waals surface area (Å²) in [5.41, 5.74) is 3.09. The van der Waals surface area contributed by atoms with Gasteiger partial charge in [0.2, 0.25) is 0 Å². The first-order chi connectivity index (χ1) is 7.84. The molecule has 3 unspecified atom stereocenters. The van der Waals surface area contributed by atoms with Crippen molar-refractivity contribution >= 4 is 0 Å². The fourth-order valence-electron chi connectivity index (χ4n) is 3.53. The predicted molar refractivity (Wildman–Crippen MR) is 67.1 cm³/mol. The number of rotatable bonds is 1. The van der Waals surface area contributed by atoms with Crippen molar-refractivity contribution in [2.45, 2.75) is 45.2 Å². The average molecular weight is 215 g/mol. The van der Waals surface area contributed by atoms with Gasteiger partial charge < -0.3 is 5.32 Å². The zero-order valence-electron chi connectivity index (χ0n) is 10.1. The highest BCUT2D eigenvalue weighted by atomic mass is 14.9. The van der Waals surface area contributed by atoms with Crippen molar-refractivity contribution in [3.8, 4) is 0 Å². The van der Waals surface area contributed by atoms with Gasteiger partial charge in [-0.05, 0) is 35.8 Å². The third-order valence-corrected chi connectivity index (χ3v) is 4.35. The van der Waals surface area contributed by atoms with E-state index in [9.17, 15) is 0 Å². The standard InChI is InChI=1S/C15H21N/c1-11-5-4-7-12(9-11)15-14-8-3-2-6-13(14)10-16-15/h2-3,6,8,11-12,15-16H,4-5,7,9-10H2,1H3. The van der Waals surface area contributed by atoms with Crippen molar-refractivity contribution in [1.82, 2.24) is 5.32 Å². The molecule has 0 spiro atoms. The van der Waals surface area contributed by atoms with Gasteiger partial charge in [0.1, 0.15) is 0 Å². The monoisotopic (exact) mass is 215 g/mol. The van der Waals surface area contributed by atoms with Crippen LogP contribution in [-0.4, -0.2) is 0 Å². The minimum atomic E-state index is 0.638. The minimum absolute atomic E-state index is 0.638. The Bertz CT molecular complexity index is 371. The van der Waals surface area contributed by atoms with E-state index in [2.05, 4.69) is 36.5 Å². The Kier molecular flexibility index (Phi) is 2.72. The zero-order valence-corrected chi connectivity index (χ0v) is 10.1. The largest absolute Gasteiger partial charge is 0.306 e. The molecule has 0 amide bonds. The van der Waals surface area contributed by atoms with E-state index in [1.165, 1.54) is 31.2 Å². The molecule has 2 aliphatic rings. The van der Waals surface area contributed by atoms with Gasteiger partial charge in [0.25, 0.3) is 0 Å². The first kappa shape index (κ1) is 10.3. The van der Waals surface area contributed by atoms with E-state index in [0.717, 1.165) is 18.4 Å². The molecule has 3 atom stereocenters. The highest BCUT2D eigenvalue weighted by Crippen LogP contribution is 2.40. The Morgan fingerprint density at radius 2 is 2.06 bits per heavy atom. The van der Waals surface area contributed by atoms with E-state index in [4.69, 9.17) is 0 Å². The van der Waals surface area contributed by atoms with Crippen LogP contribution in [0.25, 0.3) is 0 Å². The van der Waals surface area contributed by atoms with Crippen molar-refractivity contribution in [3.63, 3.8) is 0 Å². The molecule has 1 saturated carbocycles. The van der Waals surface area contributed by atoms with Crippen LogP contribution in [0.5, 0.6) is 0 Å². The van der Waals surface area contributed by atoms with Crippen LogP contribution in [0.2, 0.25) is 0 Å². The van der Waals surface area contributed by atoms with E-state index in [-0.39, 0.29) is 0 Å². The topological polar surface area (TPSA) is 12.0 Å². The maximum absolute atomic E-state index is 3.71. The molecule has 1 aliphatic heterocycles. The second kappa shape index (κ2) is 4.21. The molecule has 16 heavy (non-hydrogen) atoms. The van der Waals surface area contributed by atoms with Gasteiger partial charge in [-0.2, -0.15) is 0 Å². The van der Waals surface area contributed by atoms with Crippen molar-refractivity contribution in [3.05, 3.63) is 35.4 Å². The van der Waals surface area contributed by atoms with E-state index in [1.807, 2.05) is 0 Å². The summed E-state index contributed by atoms with van der Waals surface area (Å²) >= 11 is 0. The van der Waals surface area contributed by atoms with Crippen molar-refractivity contribution in [2.75, 3.05) is 0 Å². The van der Waals surface area contributed by atoms with Gasteiger partial charge in [-0.3, -0.25) is 0 Å². The smallest absolute Gasteiger partial charge is 0.0354 e. The Morgan fingerprint density at radius 1 is 1.19 bits per heavy atom. The van der Waals surface area contributed by atoms with Gasteiger partial charge in [-0.15, -0.1) is 0 Å². The third-order valence-electron chi connectivity index (χ3n) is 4.35. The van der Waals surface area contributed by atoms with Crippen LogP contribution in [0.4, 0.5) is 0 Å². The molecular formula is C15H21N. The van der Waals surface area contributed by atoms with Gasteiger partial charge in [0, 0.05) is 12.6 Å². The fraction of sp³-hybridized carbons (Fsp3) is 0.600. The lowest BCUT2D eigenvalue weighted by Gasteiger charge is -2.31. The van der Waals surface area contributed by atoms with Crippen molar-refractivity contribution < 1.29 is 0 Å². The van der Waals surface area contributed by atoms with Crippen LogP contribution < -0.4 is 5.32 Å². The number of hydrogen-bond acceptors (Lipinski definition) is 1. The van der Waals surface area contributed by atoms with Crippen LogP contribution in [0.3, 0.4) is 0 Å². The number of benzene rings is 1. The Morgan fingerprint density at radius 3 is 2.94 bits per heavy atom. The van der Waals surface area contributed by atoms with E-state index < -0.39 is 0 Å². The lowest BCUT2D eigenvalue weighted by Crippen LogP contribution is -2.26. The number of hydrogen-bond donors (Lipinski definition) is 1. The Balaban J connectivity index is 1.81. The Labute approximate surface area is 98.3 Å². The van der Waals surface area contributed by atoms with Crippen LogP contribution in [0.15, 0.2) is 24.3 Å². The maximum Gasteiger partial charge on any atom is 0.0354 e. The van der Waals surface area contributed by atoms with Gasteiger partial charge in [0.15, 0.2) is 0 Å². The normalized spacial score (nSPS) is 33.7. The van der Waals surface area contributed by atoms with Gasteiger partial charge in [0.05, 0.1) is 0 Å². The maximum atomic E-state index is 3.71. The first-order valence-electron chi connectivity index (χ1n) is 6.66. The summed E-state index contributed by atoms with van der Waals surface area (Å²) in [6.07, 6.45) is 5.68. The second-order valence-corrected chi connectivity index (χ2v) is 5.59. The quantitative estimate of drug-likeness (QED) is 0.754. The van der Waals surface area contributed by atoms with Crippen molar-refractivity contribution in [2.24, 2.45) is 11.8 Å². The molecule has 1 nitrogen and oxygen atoms in total. The molecular weight excluding hydrogens is 194 g/mol. The lowest BCUT2D eigenvalue weighted by molar-refractivity contribution is 0.231. The molecule has 1 heterocycles. The van der Waals surface area contributed by atoms with Crippen LogP contribution in [-0.2, 0) is 6.54 Å². The molecule has 1 N–H and O–H groups in total. The molecule has 0 aromatic heterocycles. The SMILES string of the molecule is CC1CCCC(C2NCc3ccccc32)C1. The van der Waals surface area contributed by atoms with Gasteiger partial charge in [-0.1, -0.05) is 44.0 Å². The number of nitrogens with one attached hydrogen (secondary N) is 1. The van der Waals surface area contributed by atoms with Gasteiger partial charge >= 0.3 is 0 Å². The van der Waals surface area contributed by atoms with E-state index in [1.54, 1.807) is 5.56 Å². The van der Waals surface area contributed by atoms with Crippen LogP contribution in [0, 0.1) is 11.8 Å². The summed E-state index contributed by atoms with van der Waals surface area (Å²) in [6.45, 7) is 3.48. The third kappa shape index (κ3) is 1.78. The summed E-state index contributed by atoms with van der Waals surface area (Å²) in [7, 11) is 0. The summed E-state index contributed by atoms with van der Waals surface area (Å²) in [5.74, 6) is 1.79. The van der Waals surface area contributed by atoms with Crippen LogP contribution >= 0.6 is 0 Å². The molecule has 1 aliphatic carbocycles. The zero-order chi connectivity index (χ0) is 11.0. The molecule has 1 aromatic carbocycles. The average Bonchev–Trinajstić information content (AvgIpc) is 2.72.